The summed E-state index contributed by atoms with van der Waals surface area (Å²) in [5.74, 6) is -0.593. The molecule has 0 saturated heterocycles. The fourth-order valence-corrected chi connectivity index (χ4v) is 1.80. The van der Waals surface area contributed by atoms with Crippen LogP contribution in [0.15, 0.2) is 12.3 Å². The van der Waals surface area contributed by atoms with Crippen molar-refractivity contribution < 1.29 is 15.0 Å². The second kappa shape index (κ2) is 4.33. The van der Waals surface area contributed by atoms with Gasteiger partial charge >= 0.3 is 5.97 Å². The molecule has 3 N–H and O–H groups in total. The fourth-order valence-electron chi connectivity index (χ4n) is 1.80. The maximum atomic E-state index is 11.1. The molecule has 0 bridgehead atoms. The first-order valence-corrected chi connectivity index (χ1v) is 5.62. The normalized spacial score (nSPS) is 16.6. The Bertz CT molecular complexity index is 441. The minimum absolute atomic E-state index is 0.0683. The SMILES string of the molecule is Cc1ccnc(NCC2(CO)CC2)c1C(=O)O. The lowest BCUT2D eigenvalue weighted by molar-refractivity contribution is 0.0696. The number of aromatic carboxylic acids is 1. The largest absolute Gasteiger partial charge is 0.478 e. The highest BCUT2D eigenvalue weighted by molar-refractivity contribution is 5.94. The number of aryl methyl sites for hydroxylation is 1. The van der Waals surface area contributed by atoms with E-state index in [0.717, 1.165) is 12.8 Å². The topological polar surface area (TPSA) is 82.5 Å². The van der Waals surface area contributed by atoms with Crippen LogP contribution in [0.3, 0.4) is 0 Å². The Balaban J connectivity index is 2.15. The molecule has 1 saturated carbocycles. The Morgan fingerprint density at radius 2 is 2.29 bits per heavy atom. The molecule has 5 nitrogen and oxygen atoms in total. The quantitative estimate of drug-likeness (QED) is 0.717. The number of rotatable bonds is 5. The number of aromatic nitrogens is 1. The van der Waals surface area contributed by atoms with Gasteiger partial charge < -0.3 is 15.5 Å². The summed E-state index contributed by atoms with van der Waals surface area (Å²) >= 11 is 0. The van der Waals surface area contributed by atoms with Crippen molar-refractivity contribution in [2.45, 2.75) is 19.8 Å². The summed E-state index contributed by atoms with van der Waals surface area (Å²) in [4.78, 5) is 15.2. The van der Waals surface area contributed by atoms with Gasteiger partial charge in [-0.15, -0.1) is 0 Å². The Morgan fingerprint density at radius 1 is 1.59 bits per heavy atom. The van der Waals surface area contributed by atoms with Gasteiger partial charge in [-0.1, -0.05) is 0 Å². The zero-order valence-corrected chi connectivity index (χ0v) is 9.73. The molecule has 1 aromatic heterocycles. The Labute approximate surface area is 99.5 Å². The third kappa shape index (κ3) is 2.39. The van der Waals surface area contributed by atoms with Crippen LogP contribution in [0.4, 0.5) is 5.82 Å². The highest BCUT2D eigenvalue weighted by Crippen LogP contribution is 2.44. The van der Waals surface area contributed by atoms with Crippen molar-refractivity contribution in [1.82, 2.24) is 4.98 Å². The van der Waals surface area contributed by atoms with Gasteiger partial charge in [0, 0.05) is 18.2 Å². The van der Waals surface area contributed by atoms with Crippen LogP contribution in [0.2, 0.25) is 0 Å². The molecule has 0 aromatic carbocycles. The summed E-state index contributed by atoms with van der Waals surface area (Å²) in [5, 5.41) is 21.3. The lowest BCUT2D eigenvalue weighted by Crippen LogP contribution is -2.21. The molecular formula is C12H16N2O3. The number of aliphatic hydroxyl groups is 1. The van der Waals surface area contributed by atoms with E-state index >= 15 is 0 Å². The number of carboxylic acids is 1. The van der Waals surface area contributed by atoms with Gasteiger partial charge in [0.15, 0.2) is 0 Å². The predicted octanol–water partition coefficient (Wildman–Crippen LogP) is 1.27. The van der Waals surface area contributed by atoms with E-state index in [1.165, 1.54) is 0 Å². The van der Waals surface area contributed by atoms with Crippen LogP contribution in [-0.2, 0) is 0 Å². The summed E-state index contributed by atoms with van der Waals surface area (Å²) in [6, 6.07) is 1.67. The van der Waals surface area contributed by atoms with Gasteiger partial charge in [0.2, 0.25) is 0 Å². The summed E-state index contributed by atoms with van der Waals surface area (Å²) in [6.07, 6.45) is 3.54. The summed E-state index contributed by atoms with van der Waals surface area (Å²) in [6.45, 7) is 2.45. The number of hydrogen-bond acceptors (Lipinski definition) is 4. The minimum Gasteiger partial charge on any atom is -0.478 e. The van der Waals surface area contributed by atoms with E-state index in [2.05, 4.69) is 10.3 Å². The van der Waals surface area contributed by atoms with E-state index in [0.29, 0.717) is 17.9 Å². The van der Waals surface area contributed by atoms with Gasteiger partial charge in [0.25, 0.3) is 0 Å². The first-order chi connectivity index (χ1) is 8.08. The number of anilines is 1. The molecule has 92 valence electrons. The smallest absolute Gasteiger partial charge is 0.339 e. The molecule has 1 aliphatic carbocycles. The number of carbonyl (C=O) groups is 1. The number of nitrogens with zero attached hydrogens (tertiary/aromatic N) is 1. The number of pyridine rings is 1. The van der Waals surface area contributed by atoms with Gasteiger partial charge in [-0.2, -0.15) is 0 Å². The molecule has 0 unspecified atom stereocenters. The van der Waals surface area contributed by atoms with Crippen LogP contribution in [0.1, 0.15) is 28.8 Å². The van der Waals surface area contributed by atoms with E-state index in [4.69, 9.17) is 5.11 Å². The number of hydrogen-bond donors (Lipinski definition) is 3. The standard InChI is InChI=1S/C12H16N2O3/c1-8-2-5-13-10(9(8)11(16)17)14-6-12(7-15)3-4-12/h2,5,15H,3-4,6-7H2,1H3,(H,13,14)(H,16,17). The Morgan fingerprint density at radius 3 is 2.82 bits per heavy atom. The zero-order chi connectivity index (χ0) is 12.5. The lowest BCUT2D eigenvalue weighted by atomic mass is 10.1. The molecular weight excluding hydrogens is 220 g/mol. The third-order valence-corrected chi connectivity index (χ3v) is 3.30. The first kappa shape index (κ1) is 11.9. The molecule has 2 rings (SSSR count). The Kier molecular flexibility index (Phi) is 3.02. The molecule has 0 aliphatic heterocycles. The second-order valence-electron chi connectivity index (χ2n) is 4.67. The van der Waals surface area contributed by atoms with Gasteiger partial charge in [-0.3, -0.25) is 0 Å². The van der Waals surface area contributed by atoms with E-state index in [-0.39, 0.29) is 17.6 Å². The maximum absolute atomic E-state index is 11.1. The van der Waals surface area contributed by atoms with Crippen molar-refractivity contribution >= 4 is 11.8 Å². The molecule has 0 amide bonds. The third-order valence-electron chi connectivity index (χ3n) is 3.30. The van der Waals surface area contributed by atoms with Gasteiger partial charge in [-0.25, -0.2) is 9.78 Å². The Hall–Kier alpha value is -1.62. The number of nitrogens with one attached hydrogen (secondary N) is 1. The molecule has 17 heavy (non-hydrogen) atoms. The summed E-state index contributed by atoms with van der Waals surface area (Å²) in [7, 11) is 0. The van der Waals surface area contributed by atoms with E-state index in [1.807, 2.05) is 0 Å². The highest BCUT2D eigenvalue weighted by atomic mass is 16.4. The molecule has 1 heterocycles. The zero-order valence-electron chi connectivity index (χ0n) is 9.73. The molecule has 0 spiro atoms. The van der Waals surface area contributed by atoms with Crippen molar-refractivity contribution in [1.29, 1.82) is 0 Å². The summed E-state index contributed by atoms with van der Waals surface area (Å²) < 4.78 is 0. The van der Waals surface area contributed by atoms with Crippen LogP contribution in [-0.4, -0.2) is 34.3 Å². The van der Waals surface area contributed by atoms with Gasteiger partial charge in [-0.05, 0) is 31.4 Å². The number of aliphatic hydroxyl groups excluding tert-OH is 1. The second-order valence-corrected chi connectivity index (χ2v) is 4.67. The average molecular weight is 236 g/mol. The van der Waals surface area contributed by atoms with E-state index in [1.54, 1.807) is 19.2 Å². The van der Waals surface area contributed by atoms with Crippen molar-refractivity contribution in [3.8, 4) is 0 Å². The fraction of sp³-hybridized carbons (Fsp3) is 0.500. The first-order valence-electron chi connectivity index (χ1n) is 5.62. The van der Waals surface area contributed by atoms with Crippen LogP contribution >= 0.6 is 0 Å². The van der Waals surface area contributed by atoms with Crippen LogP contribution in [0.25, 0.3) is 0 Å². The molecule has 1 aromatic rings. The number of carboxylic acid groups (broad SMARTS) is 1. The molecule has 0 atom stereocenters. The van der Waals surface area contributed by atoms with Crippen LogP contribution < -0.4 is 5.32 Å². The minimum atomic E-state index is -0.980. The van der Waals surface area contributed by atoms with E-state index in [9.17, 15) is 9.90 Å². The van der Waals surface area contributed by atoms with Crippen LogP contribution in [0.5, 0.6) is 0 Å². The monoisotopic (exact) mass is 236 g/mol. The maximum Gasteiger partial charge on any atom is 0.339 e. The average Bonchev–Trinajstić information content (AvgIpc) is 3.06. The molecule has 0 radical (unpaired) electrons. The van der Waals surface area contributed by atoms with Crippen molar-refractivity contribution in [2.24, 2.45) is 5.41 Å². The molecule has 1 aliphatic rings. The van der Waals surface area contributed by atoms with Crippen molar-refractivity contribution in [3.05, 3.63) is 23.4 Å². The lowest BCUT2D eigenvalue weighted by Gasteiger charge is -2.15. The van der Waals surface area contributed by atoms with Gasteiger partial charge in [0.05, 0.1) is 6.61 Å². The molecule has 1 fully saturated rings. The van der Waals surface area contributed by atoms with Gasteiger partial charge in [0.1, 0.15) is 11.4 Å². The van der Waals surface area contributed by atoms with Crippen molar-refractivity contribution in [2.75, 3.05) is 18.5 Å². The van der Waals surface area contributed by atoms with Crippen molar-refractivity contribution in [3.63, 3.8) is 0 Å². The van der Waals surface area contributed by atoms with E-state index < -0.39 is 5.97 Å². The predicted molar refractivity (Wildman–Crippen MR) is 63.2 cm³/mol. The highest BCUT2D eigenvalue weighted by Gasteiger charge is 2.41. The molecule has 5 heteroatoms. The van der Waals surface area contributed by atoms with Crippen LogP contribution in [0, 0.1) is 12.3 Å². The summed E-state index contributed by atoms with van der Waals surface area (Å²) in [5.41, 5.74) is 0.825.